The van der Waals surface area contributed by atoms with E-state index in [0.29, 0.717) is 13.1 Å². The molecule has 0 aromatic heterocycles. The van der Waals surface area contributed by atoms with Crippen LogP contribution in [0.5, 0.6) is 0 Å². The van der Waals surface area contributed by atoms with Gasteiger partial charge < -0.3 is 16.0 Å². The van der Waals surface area contributed by atoms with Gasteiger partial charge in [-0.3, -0.25) is 9.59 Å². The maximum absolute atomic E-state index is 12.6. The molecular formula is C20H20F3N3O2. The van der Waals surface area contributed by atoms with Crippen LogP contribution in [0.25, 0.3) is 0 Å². The number of carbonyl (C=O) groups excluding carboxylic acids is 2. The first-order chi connectivity index (χ1) is 13.3. The summed E-state index contributed by atoms with van der Waals surface area (Å²) in [5, 5.41) is 2.45. The van der Waals surface area contributed by atoms with Gasteiger partial charge in [0.2, 0.25) is 5.91 Å². The van der Waals surface area contributed by atoms with Crippen LogP contribution in [0.15, 0.2) is 54.6 Å². The number of nitrogens with one attached hydrogen (secondary N) is 1. The van der Waals surface area contributed by atoms with E-state index in [9.17, 15) is 22.8 Å². The normalized spacial score (nSPS) is 19.5. The van der Waals surface area contributed by atoms with Crippen molar-refractivity contribution in [1.29, 1.82) is 0 Å². The smallest absolute Gasteiger partial charge is 0.343 e. The zero-order chi connectivity index (χ0) is 20.3. The Morgan fingerprint density at radius 3 is 2.29 bits per heavy atom. The first kappa shape index (κ1) is 19.9. The molecule has 148 valence electrons. The maximum Gasteiger partial charge on any atom is 0.416 e. The standard InChI is InChI=1S/C20H20F3N3O2/c21-20(22,23)15-8-6-14(7-9-15)19(28)25-10-18(27)26-11-16(17(24)12-26)13-4-2-1-3-5-13/h1-9,16-17H,10-12,24H2,(H,25,28)/t16-,17+/m0/s1. The van der Waals surface area contributed by atoms with Crippen LogP contribution < -0.4 is 11.1 Å². The van der Waals surface area contributed by atoms with Gasteiger partial charge in [0.25, 0.3) is 5.91 Å². The third kappa shape index (κ3) is 4.51. The van der Waals surface area contributed by atoms with Crippen molar-refractivity contribution >= 4 is 11.8 Å². The van der Waals surface area contributed by atoms with E-state index in [-0.39, 0.29) is 30.0 Å². The molecule has 0 saturated carbocycles. The Morgan fingerprint density at radius 1 is 1.04 bits per heavy atom. The topological polar surface area (TPSA) is 75.4 Å². The highest BCUT2D eigenvalue weighted by molar-refractivity contribution is 5.96. The first-order valence-electron chi connectivity index (χ1n) is 8.79. The van der Waals surface area contributed by atoms with E-state index in [0.717, 1.165) is 29.8 Å². The fourth-order valence-corrected chi connectivity index (χ4v) is 3.27. The number of amides is 2. The fourth-order valence-electron chi connectivity index (χ4n) is 3.27. The third-order valence-corrected chi connectivity index (χ3v) is 4.82. The van der Waals surface area contributed by atoms with Crippen LogP contribution in [0.3, 0.4) is 0 Å². The van der Waals surface area contributed by atoms with E-state index in [4.69, 9.17) is 5.73 Å². The average molecular weight is 391 g/mol. The summed E-state index contributed by atoms with van der Waals surface area (Å²) in [7, 11) is 0. The maximum atomic E-state index is 12.6. The molecule has 2 aromatic rings. The van der Waals surface area contributed by atoms with E-state index in [1.54, 1.807) is 4.90 Å². The Labute approximate surface area is 160 Å². The lowest BCUT2D eigenvalue weighted by atomic mass is 9.95. The van der Waals surface area contributed by atoms with Gasteiger partial charge in [-0.1, -0.05) is 30.3 Å². The summed E-state index contributed by atoms with van der Waals surface area (Å²) in [6.45, 7) is 0.600. The fraction of sp³-hybridized carbons (Fsp3) is 0.300. The van der Waals surface area contributed by atoms with E-state index in [1.807, 2.05) is 30.3 Å². The minimum Gasteiger partial charge on any atom is -0.343 e. The van der Waals surface area contributed by atoms with Crippen LogP contribution in [0.1, 0.15) is 27.4 Å². The highest BCUT2D eigenvalue weighted by Gasteiger charge is 2.34. The van der Waals surface area contributed by atoms with Crippen molar-refractivity contribution in [2.45, 2.75) is 18.1 Å². The van der Waals surface area contributed by atoms with Gasteiger partial charge in [-0.15, -0.1) is 0 Å². The van der Waals surface area contributed by atoms with Gasteiger partial charge in [0.1, 0.15) is 0 Å². The van der Waals surface area contributed by atoms with Gasteiger partial charge >= 0.3 is 6.18 Å². The van der Waals surface area contributed by atoms with Gasteiger partial charge in [0.15, 0.2) is 0 Å². The SMILES string of the molecule is N[C@@H]1CN(C(=O)CNC(=O)c2ccc(C(F)(F)F)cc2)C[C@H]1c1ccccc1. The molecule has 1 fully saturated rings. The predicted molar refractivity (Wildman–Crippen MR) is 97.5 cm³/mol. The third-order valence-electron chi connectivity index (χ3n) is 4.82. The van der Waals surface area contributed by atoms with Crippen molar-refractivity contribution < 1.29 is 22.8 Å². The van der Waals surface area contributed by atoms with Crippen LogP contribution in [0, 0.1) is 0 Å². The second-order valence-corrected chi connectivity index (χ2v) is 6.74. The van der Waals surface area contributed by atoms with Gasteiger partial charge in [-0.25, -0.2) is 0 Å². The molecule has 3 rings (SSSR count). The summed E-state index contributed by atoms with van der Waals surface area (Å²) < 4.78 is 37.7. The van der Waals surface area contributed by atoms with Crippen molar-refractivity contribution in [3.63, 3.8) is 0 Å². The molecule has 0 aliphatic carbocycles. The van der Waals surface area contributed by atoms with Crippen molar-refractivity contribution in [3.05, 3.63) is 71.3 Å². The van der Waals surface area contributed by atoms with E-state index >= 15 is 0 Å². The molecule has 1 heterocycles. The van der Waals surface area contributed by atoms with E-state index in [1.165, 1.54) is 0 Å². The van der Waals surface area contributed by atoms with Crippen LogP contribution in [-0.2, 0) is 11.0 Å². The minimum absolute atomic E-state index is 0.0239. The number of likely N-dealkylation sites (tertiary alicyclic amines) is 1. The number of alkyl halides is 3. The lowest BCUT2D eigenvalue weighted by molar-refractivity contribution is -0.137. The van der Waals surface area contributed by atoms with Gasteiger partial charge in [0, 0.05) is 30.6 Å². The Kier molecular flexibility index (Phi) is 5.69. The van der Waals surface area contributed by atoms with Gasteiger partial charge in [0.05, 0.1) is 12.1 Å². The molecule has 2 atom stereocenters. The Bertz CT molecular complexity index is 838. The Balaban J connectivity index is 1.55. The number of hydrogen-bond donors (Lipinski definition) is 2. The summed E-state index contributed by atoms with van der Waals surface area (Å²) in [6, 6.07) is 13.3. The van der Waals surface area contributed by atoms with E-state index in [2.05, 4.69) is 5.32 Å². The molecule has 1 saturated heterocycles. The molecule has 1 aliphatic heterocycles. The van der Waals surface area contributed by atoms with Gasteiger partial charge in [-0.2, -0.15) is 13.2 Å². The summed E-state index contributed by atoms with van der Waals surface area (Å²) >= 11 is 0. The molecule has 0 spiro atoms. The van der Waals surface area contributed by atoms with E-state index < -0.39 is 17.6 Å². The largest absolute Gasteiger partial charge is 0.416 e. The zero-order valence-electron chi connectivity index (χ0n) is 14.9. The lowest BCUT2D eigenvalue weighted by Gasteiger charge is -2.17. The minimum atomic E-state index is -4.46. The molecule has 3 N–H and O–H groups in total. The number of nitrogens with two attached hydrogens (primary N) is 1. The highest BCUT2D eigenvalue weighted by atomic mass is 19.4. The molecular weight excluding hydrogens is 371 g/mol. The summed E-state index contributed by atoms with van der Waals surface area (Å²) in [5.74, 6) is -0.866. The second-order valence-electron chi connectivity index (χ2n) is 6.74. The molecule has 0 unspecified atom stereocenters. The number of nitrogens with zero attached hydrogens (tertiary/aromatic N) is 1. The van der Waals surface area contributed by atoms with Crippen molar-refractivity contribution in [3.8, 4) is 0 Å². The number of benzene rings is 2. The van der Waals surface area contributed by atoms with Crippen LogP contribution in [-0.4, -0.2) is 42.4 Å². The molecule has 5 nitrogen and oxygen atoms in total. The van der Waals surface area contributed by atoms with Crippen LogP contribution in [0.4, 0.5) is 13.2 Å². The molecule has 1 aliphatic rings. The van der Waals surface area contributed by atoms with Crippen LogP contribution >= 0.6 is 0 Å². The summed E-state index contributed by atoms with van der Waals surface area (Å²) in [5.41, 5.74) is 6.44. The average Bonchev–Trinajstić information content (AvgIpc) is 3.08. The van der Waals surface area contributed by atoms with Crippen molar-refractivity contribution in [1.82, 2.24) is 10.2 Å². The second kappa shape index (κ2) is 8.02. The van der Waals surface area contributed by atoms with Crippen molar-refractivity contribution in [2.24, 2.45) is 5.73 Å². The van der Waals surface area contributed by atoms with Crippen molar-refractivity contribution in [2.75, 3.05) is 19.6 Å². The Hall–Kier alpha value is -2.87. The molecule has 0 radical (unpaired) electrons. The van der Waals surface area contributed by atoms with Crippen LogP contribution in [0.2, 0.25) is 0 Å². The predicted octanol–water partition coefficient (Wildman–Crippen LogP) is 2.39. The highest BCUT2D eigenvalue weighted by Crippen LogP contribution is 2.29. The molecule has 2 aromatic carbocycles. The molecule has 28 heavy (non-hydrogen) atoms. The molecule has 8 heteroatoms. The quantitative estimate of drug-likeness (QED) is 0.840. The zero-order valence-corrected chi connectivity index (χ0v) is 14.9. The Morgan fingerprint density at radius 2 is 1.68 bits per heavy atom. The molecule has 2 amide bonds. The summed E-state index contributed by atoms with van der Waals surface area (Å²) in [4.78, 5) is 26.1. The lowest BCUT2D eigenvalue weighted by Crippen LogP contribution is -2.40. The number of hydrogen-bond acceptors (Lipinski definition) is 3. The number of rotatable bonds is 4. The summed E-state index contributed by atoms with van der Waals surface area (Å²) in [6.07, 6.45) is -4.46. The first-order valence-corrected chi connectivity index (χ1v) is 8.79. The van der Waals surface area contributed by atoms with Gasteiger partial charge in [-0.05, 0) is 29.8 Å². The monoisotopic (exact) mass is 391 g/mol. The number of carbonyl (C=O) groups is 2. The number of halogens is 3. The molecule has 0 bridgehead atoms.